The summed E-state index contributed by atoms with van der Waals surface area (Å²) in [6.07, 6.45) is -3.03. The van der Waals surface area contributed by atoms with E-state index in [4.69, 9.17) is 14.3 Å². The Morgan fingerprint density at radius 2 is 1.87 bits per heavy atom. The first-order chi connectivity index (χ1) is 10.6. The molecule has 0 saturated heterocycles. The third-order valence-electron chi connectivity index (χ3n) is 2.66. The Kier molecular flexibility index (Phi) is 4.46. The Balaban J connectivity index is 2.36. The maximum Gasteiger partial charge on any atom is 0.427 e. The first kappa shape index (κ1) is 17.0. The summed E-state index contributed by atoms with van der Waals surface area (Å²) in [5.41, 5.74) is -0.546. The zero-order chi connectivity index (χ0) is 17.4. The number of hydrogen-bond acceptors (Lipinski definition) is 5. The van der Waals surface area contributed by atoms with Gasteiger partial charge in [-0.05, 0) is 45.0 Å². The minimum atomic E-state index is -1.74. The number of carbonyl (C=O) groups is 3. The van der Waals surface area contributed by atoms with E-state index in [1.54, 1.807) is 39.0 Å². The highest BCUT2D eigenvalue weighted by Crippen LogP contribution is 2.24. The van der Waals surface area contributed by atoms with Gasteiger partial charge in [-0.3, -0.25) is 4.79 Å². The highest BCUT2D eigenvalue weighted by atomic mass is 79.9. The number of benzene rings is 1. The number of furan rings is 1. The van der Waals surface area contributed by atoms with E-state index in [-0.39, 0.29) is 10.7 Å². The summed E-state index contributed by atoms with van der Waals surface area (Å²) in [7, 11) is 0. The van der Waals surface area contributed by atoms with Crippen LogP contribution >= 0.6 is 15.9 Å². The van der Waals surface area contributed by atoms with Crippen molar-refractivity contribution in [2.75, 3.05) is 0 Å². The van der Waals surface area contributed by atoms with Gasteiger partial charge in [0.15, 0.2) is 5.76 Å². The summed E-state index contributed by atoms with van der Waals surface area (Å²) in [4.78, 5) is 35.5. The van der Waals surface area contributed by atoms with Crippen molar-refractivity contribution >= 4 is 45.0 Å². The molecule has 23 heavy (non-hydrogen) atoms. The second kappa shape index (κ2) is 6.04. The lowest BCUT2D eigenvalue weighted by molar-refractivity contribution is 0.0252. The van der Waals surface area contributed by atoms with Gasteiger partial charge in [0.2, 0.25) is 0 Å². The minimum absolute atomic E-state index is 0.0159. The van der Waals surface area contributed by atoms with Crippen molar-refractivity contribution < 1.29 is 28.6 Å². The number of hydrogen-bond donors (Lipinski definition) is 1. The van der Waals surface area contributed by atoms with Crippen molar-refractivity contribution in [3.8, 4) is 0 Å². The van der Waals surface area contributed by atoms with Gasteiger partial charge in [0.05, 0.1) is 0 Å². The third-order valence-corrected chi connectivity index (χ3v) is 3.15. The largest absolute Gasteiger partial charge is 0.464 e. The fraction of sp³-hybridized carbons (Fsp3) is 0.267. The summed E-state index contributed by atoms with van der Waals surface area (Å²) >= 11 is 3.28. The lowest BCUT2D eigenvalue weighted by atomic mass is 10.2. The molecular weight excluding hydrogens is 370 g/mol. The quantitative estimate of drug-likeness (QED) is 0.790. The molecule has 1 heterocycles. The zero-order valence-electron chi connectivity index (χ0n) is 12.6. The van der Waals surface area contributed by atoms with E-state index in [1.165, 1.54) is 6.07 Å². The second-order valence-corrected chi connectivity index (χ2v) is 6.61. The minimum Gasteiger partial charge on any atom is -0.464 e. The summed E-state index contributed by atoms with van der Waals surface area (Å²) in [6.45, 7) is 4.69. The van der Waals surface area contributed by atoms with Gasteiger partial charge in [0.1, 0.15) is 11.2 Å². The number of amides is 3. The topological polar surface area (TPSA) is 97.0 Å². The number of ether oxygens (including phenoxy) is 1. The fourth-order valence-electron chi connectivity index (χ4n) is 1.79. The molecule has 1 aromatic heterocycles. The number of carbonyl (C=O) groups excluding carboxylic acids is 2. The number of carboxylic acid groups (broad SMARTS) is 1. The van der Waals surface area contributed by atoms with Gasteiger partial charge < -0.3 is 14.3 Å². The van der Waals surface area contributed by atoms with Gasteiger partial charge in [0, 0.05) is 9.86 Å². The average molecular weight is 384 g/mol. The van der Waals surface area contributed by atoms with Crippen LogP contribution in [0.5, 0.6) is 0 Å². The maximum atomic E-state index is 12.3. The Morgan fingerprint density at radius 1 is 1.22 bits per heavy atom. The van der Waals surface area contributed by atoms with Gasteiger partial charge in [-0.2, -0.15) is 0 Å². The number of nitrogens with zero attached hydrogens (tertiary/aromatic N) is 1. The van der Waals surface area contributed by atoms with Crippen LogP contribution in [0.25, 0.3) is 11.0 Å². The maximum absolute atomic E-state index is 12.3. The van der Waals surface area contributed by atoms with Crippen molar-refractivity contribution in [2.45, 2.75) is 26.4 Å². The molecule has 1 N–H and O–H groups in total. The smallest absolute Gasteiger partial charge is 0.427 e. The Bertz CT molecular complexity index is 789. The molecule has 3 amide bonds. The van der Waals surface area contributed by atoms with Crippen LogP contribution in [0.1, 0.15) is 31.3 Å². The van der Waals surface area contributed by atoms with Gasteiger partial charge in [0.25, 0.3) is 0 Å². The van der Waals surface area contributed by atoms with E-state index in [0.717, 1.165) is 4.47 Å². The Morgan fingerprint density at radius 3 is 2.43 bits per heavy atom. The van der Waals surface area contributed by atoms with E-state index in [2.05, 4.69) is 15.9 Å². The highest BCUT2D eigenvalue weighted by molar-refractivity contribution is 9.10. The molecule has 122 valence electrons. The van der Waals surface area contributed by atoms with E-state index in [1.807, 2.05) is 0 Å². The first-order valence-corrected chi connectivity index (χ1v) is 7.37. The molecular formula is C15H14BrNO6. The van der Waals surface area contributed by atoms with Crippen LogP contribution in [0.2, 0.25) is 0 Å². The lowest BCUT2D eigenvalue weighted by Gasteiger charge is -2.22. The molecule has 0 bridgehead atoms. The van der Waals surface area contributed by atoms with Crippen LogP contribution in [0.15, 0.2) is 33.2 Å². The summed E-state index contributed by atoms with van der Waals surface area (Å²) in [5.74, 6) is -1.38. The van der Waals surface area contributed by atoms with E-state index in [9.17, 15) is 14.4 Å². The van der Waals surface area contributed by atoms with E-state index >= 15 is 0 Å². The molecule has 2 rings (SSSR count). The van der Waals surface area contributed by atoms with Crippen molar-refractivity contribution in [2.24, 2.45) is 0 Å². The molecule has 2 aromatic rings. The number of imide groups is 3. The number of halogens is 1. The highest BCUT2D eigenvalue weighted by Gasteiger charge is 2.35. The Hall–Kier alpha value is -2.35. The molecule has 8 heteroatoms. The summed E-state index contributed by atoms with van der Waals surface area (Å²) in [5, 5.41) is 9.74. The predicted molar refractivity (Wildman–Crippen MR) is 84.3 cm³/mol. The van der Waals surface area contributed by atoms with E-state index < -0.39 is 23.7 Å². The van der Waals surface area contributed by atoms with Gasteiger partial charge >= 0.3 is 18.1 Å². The molecule has 0 aliphatic carbocycles. The van der Waals surface area contributed by atoms with Crippen LogP contribution in [0, 0.1) is 0 Å². The monoisotopic (exact) mass is 383 g/mol. The average Bonchev–Trinajstić information content (AvgIpc) is 2.78. The Labute approximate surface area is 139 Å². The van der Waals surface area contributed by atoms with Crippen LogP contribution < -0.4 is 0 Å². The molecule has 1 aromatic carbocycles. The van der Waals surface area contributed by atoms with Crippen molar-refractivity contribution in [1.82, 2.24) is 4.90 Å². The standard InChI is InChI=1S/C15H14BrNO6/c1-15(2,3)23-14(21)17(13(19)20)12(18)11-7-8-6-9(16)4-5-10(8)22-11/h4-7H,1-3H3,(H,19,20). The third kappa shape index (κ3) is 3.89. The zero-order valence-corrected chi connectivity index (χ0v) is 14.2. The van der Waals surface area contributed by atoms with Gasteiger partial charge in [-0.1, -0.05) is 15.9 Å². The molecule has 0 aliphatic heterocycles. The molecule has 7 nitrogen and oxygen atoms in total. The number of fused-ring (bicyclic) bond motifs is 1. The molecule has 0 radical (unpaired) electrons. The van der Waals surface area contributed by atoms with Crippen molar-refractivity contribution in [3.05, 3.63) is 34.5 Å². The molecule has 0 saturated carbocycles. The molecule has 0 spiro atoms. The number of rotatable bonds is 1. The molecule has 0 unspecified atom stereocenters. The molecule has 0 fully saturated rings. The van der Waals surface area contributed by atoms with Crippen LogP contribution in [0.4, 0.5) is 9.59 Å². The van der Waals surface area contributed by atoms with Gasteiger partial charge in [-0.15, -0.1) is 4.90 Å². The lowest BCUT2D eigenvalue weighted by Crippen LogP contribution is -2.43. The normalized spacial score (nSPS) is 11.3. The molecule has 0 aliphatic rings. The second-order valence-electron chi connectivity index (χ2n) is 5.70. The van der Waals surface area contributed by atoms with E-state index in [0.29, 0.717) is 11.0 Å². The van der Waals surface area contributed by atoms with Crippen LogP contribution in [-0.4, -0.2) is 33.7 Å². The first-order valence-electron chi connectivity index (χ1n) is 6.58. The summed E-state index contributed by atoms with van der Waals surface area (Å²) in [6, 6.07) is 6.40. The van der Waals surface area contributed by atoms with Crippen LogP contribution in [-0.2, 0) is 4.74 Å². The summed E-state index contributed by atoms with van der Waals surface area (Å²) < 4.78 is 11.0. The SMILES string of the molecule is CC(C)(C)OC(=O)N(C(=O)O)C(=O)c1cc2cc(Br)ccc2o1. The van der Waals surface area contributed by atoms with Crippen molar-refractivity contribution in [3.63, 3.8) is 0 Å². The van der Waals surface area contributed by atoms with Crippen molar-refractivity contribution in [1.29, 1.82) is 0 Å². The molecule has 0 atom stereocenters. The fourth-order valence-corrected chi connectivity index (χ4v) is 2.16. The van der Waals surface area contributed by atoms with Gasteiger partial charge in [-0.25, -0.2) is 9.59 Å². The van der Waals surface area contributed by atoms with Crippen LogP contribution in [0.3, 0.4) is 0 Å². The predicted octanol–water partition coefficient (Wildman–Crippen LogP) is 4.25.